The highest BCUT2D eigenvalue weighted by molar-refractivity contribution is 5.53. The summed E-state index contributed by atoms with van der Waals surface area (Å²) in [7, 11) is 0. The van der Waals surface area contributed by atoms with Crippen LogP contribution in [0.2, 0.25) is 0 Å². The first-order valence-electron chi connectivity index (χ1n) is 4.90. The molecule has 1 aliphatic heterocycles. The molecule has 1 N–H and O–H groups in total. The van der Waals surface area contributed by atoms with Gasteiger partial charge in [-0.15, -0.1) is 0 Å². The van der Waals surface area contributed by atoms with Gasteiger partial charge < -0.3 is 10.1 Å². The third kappa shape index (κ3) is 1.90. The molecule has 1 aliphatic rings. The van der Waals surface area contributed by atoms with Crippen LogP contribution in [0.15, 0.2) is 30.4 Å². The Kier molecular flexibility index (Phi) is 2.44. The minimum atomic E-state index is 0.818. The smallest absolute Gasteiger partial charge is 0.124 e. The molecule has 0 atom stereocenters. The lowest BCUT2D eigenvalue weighted by molar-refractivity contribution is 0.357. The van der Waals surface area contributed by atoms with E-state index in [4.69, 9.17) is 4.74 Å². The number of ether oxygens (including phenoxy) is 1. The van der Waals surface area contributed by atoms with E-state index in [9.17, 15) is 0 Å². The molecule has 0 unspecified atom stereocenters. The molecule has 0 spiro atoms. The predicted molar refractivity (Wildman–Crippen MR) is 58.9 cm³/mol. The maximum atomic E-state index is 5.48. The minimum Gasteiger partial charge on any atom is -0.493 e. The molecule has 2 rings (SSSR count). The molecule has 2 heteroatoms. The van der Waals surface area contributed by atoms with E-state index in [0.717, 1.165) is 36.6 Å². The van der Waals surface area contributed by atoms with Gasteiger partial charge in [-0.2, -0.15) is 0 Å². The fraction of sp³-hybridized carbons (Fsp3) is 0.333. The summed E-state index contributed by atoms with van der Waals surface area (Å²) in [6, 6.07) is 6.28. The van der Waals surface area contributed by atoms with Gasteiger partial charge in [-0.1, -0.05) is 18.2 Å². The number of anilines is 1. The van der Waals surface area contributed by atoms with Crippen molar-refractivity contribution in [2.45, 2.75) is 13.3 Å². The molecule has 0 aromatic heterocycles. The lowest BCUT2D eigenvalue weighted by Gasteiger charge is -2.07. The van der Waals surface area contributed by atoms with Crippen LogP contribution in [-0.4, -0.2) is 13.2 Å². The molecule has 0 bridgehead atoms. The fourth-order valence-electron chi connectivity index (χ4n) is 1.53. The van der Waals surface area contributed by atoms with Crippen LogP contribution in [0, 0.1) is 0 Å². The molecule has 2 nitrogen and oxygen atoms in total. The normalized spacial score (nSPS) is 13.2. The van der Waals surface area contributed by atoms with Crippen LogP contribution >= 0.6 is 0 Å². The highest BCUT2D eigenvalue weighted by atomic mass is 16.5. The second-order valence-electron chi connectivity index (χ2n) is 3.73. The lowest BCUT2D eigenvalue weighted by Crippen LogP contribution is -2.01. The van der Waals surface area contributed by atoms with Crippen molar-refractivity contribution in [3.63, 3.8) is 0 Å². The van der Waals surface area contributed by atoms with Crippen LogP contribution in [-0.2, 0) is 6.42 Å². The number of hydrogen-bond donors (Lipinski definition) is 1. The van der Waals surface area contributed by atoms with Crippen molar-refractivity contribution in [1.82, 2.24) is 0 Å². The molecular formula is C12H15NO. The number of rotatable bonds is 3. The number of benzene rings is 1. The first kappa shape index (κ1) is 9.13. The van der Waals surface area contributed by atoms with Gasteiger partial charge in [0.25, 0.3) is 0 Å². The maximum Gasteiger partial charge on any atom is 0.124 e. The summed E-state index contributed by atoms with van der Waals surface area (Å²) in [6.07, 6.45) is 1.04. The second kappa shape index (κ2) is 3.74. The lowest BCUT2D eigenvalue weighted by atomic mass is 10.1. The molecule has 74 valence electrons. The summed E-state index contributed by atoms with van der Waals surface area (Å²) in [6.45, 7) is 7.50. The van der Waals surface area contributed by atoms with Crippen molar-refractivity contribution in [3.05, 3.63) is 35.9 Å². The molecule has 0 saturated carbocycles. The van der Waals surface area contributed by atoms with E-state index in [1.54, 1.807) is 0 Å². The van der Waals surface area contributed by atoms with Crippen LogP contribution in [0.3, 0.4) is 0 Å². The molecule has 1 heterocycles. The molecule has 0 amide bonds. The SMILES string of the molecule is C=C(C)CNc1ccc2c(c1)OCC2. The van der Waals surface area contributed by atoms with Gasteiger partial charge >= 0.3 is 0 Å². The van der Waals surface area contributed by atoms with Crippen LogP contribution in [0.4, 0.5) is 5.69 Å². The Bertz CT molecular complexity index is 357. The molecule has 0 fully saturated rings. The Morgan fingerprint density at radius 2 is 2.43 bits per heavy atom. The van der Waals surface area contributed by atoms with E-state index in [1.165, 1.54) is 5.56 Å². The van der Waals surface area contributed by atoms with Crippen molar-refractivity contribution < 1.29 is 4.74 Å². The van der Waals surface area contributed by atoms with Crippen molar-refractivity contribution in [3.8, 4) is 5.75 Å². The Morgan fingerprint density at radius 1 is 1.57 bits per heavy atom. The van der Waals surface area contributed by atoms with Crippen LogP contribution < -0.4 is 10.1 Å². The second-order valence-corrected chi connectivity index (χ2v) is 3.73. The van der Waals surface area contributed by atoms with Gasteiger partial charge in [-0.3, -0.25) is 0 Å². The molecule has 0 radical (unpaired) electrons. The summed E-state index contributed by atoms with van der Waals surface area (Å²) in [4.78, 5) is 0. The summed E-state index contributed by atoms with van der Waals surface area (Å²) < 4.78 is 5.48. The van der Waals surface area contributed by atoms with E-state index in [2.05, 4.69) is 30.1 Å². The monoisotopic (exact) mass is 189 g/mol. The van der Waals surface area contributed by atoms with Gasteiger partial charge in [-0.05, 0) is 18.6 Å². The highest BCUT2D eigenvalue weighted by Gasteiger charge is 2.11. The molecule has 0 aliphatic carbocycles. The third-order valence-corrected chi connectivity index (χ3v) is 2.29. The van der Waals surface area contributed by atoms with Crippen molar-refractivity contribution in [2.75, 3.05) is 18.5 Å². The first-order valence-corrected chi connectivity index (χ1v) is 4.90. The van der Waals surface area contributed by atoms with E-state index in [-0.39, 0.29) is 0 Å². The van der Waals surface area contributed by atoms with Crippen LogP contribution in [0.25, 0.3) is 0 Å². The van der Waals surface area contributed by atoms with Gasteiger partial charge in [0.15, 0.2) is 0 Å². The number of nitrogens with one attached hydrogen (secondary N) is 1. The third-order valence-electron chi connectivity index (χ3n) is 2.29. The molecule has 1 aromatic carbocycles. The summed E-state index contributed by atoms with van der Waals surface area (Å²) in [5.74, 6) is 1.02. The molecule has 14 heavy (non-hydrogen) atoms. The minimum absolute atomic E-state index is 0.818. The Hall–Kier alpha value is -1.44. The summed E-state index contributed by atoms with van der Waals surface area (Å²) in [5, 5.41) is 3.29. The quantitative estimate of drug-likeness (QED) is 0.738. The van der Waals surface area contributed by atoms with Crippen LogP contribution in [0.5, 0.6) is 5.75 Å². The van der Waals surface area contributed by atoms with Gasteiger partial charge in [0, 0.05) is 24.7 Å². The van der Waals surface area contributed by atoms with E-state index in [0.29, 0.717) is 0 Å². The summed E-state index contributed by atoms with van der Waals surface area (Å²) in [5.41, 5.74) is 3.55. The largest absolute Gasteiger partial charge is 0.493 e. The first-order chi connectivity index (χ1) is 6.75. The molecule has 1 aromatic rings. The van der Waals surface area contributed by atoms with Crippen molar-refractivity contribution >= 4 is 5.69 Å². The van der Waals surface area contributed by atoms with Crippen molar-refractivity contribution in [1.29, 1.82) is 0 Å². The van der Waals surface area contributed by atoms with Gasteiger partial charge in [0.05, 0.1) is 6.61 Å². The molecular weight excluding hydrogens is 174 g/mol. The zero-order chi connectivity index (χ0) is 9.97. The van der Waals surface area contributed by atoms with E-state index in [1.807, 2.05) is 6.92 Å². The van der Waals surface area contributed by atoms with E-state index < -0.39 is 0 Å². The fourth-order valence-corrected chi connectivity index (χ4v) is 1.53. The Balaban J connectivity index is 2.09. The average Bonchev–Trinajstić information content (AvgIpc) is 2.61. The standard InChI is InChI=1S/C12H15NO/c1-9(2)8-13-11-4-3-10-5-6-14-12(10)7-11/h3-4,7,13H,1,5-6,8H2,2H3. The Morgan fingerprint density at radius 3 is 3.21 bits per heavy atom. The topological polar surface area (TPSA) is 21.3 Å². The molecule has 0 saturated heterocycles. The average molecular weight is 189 g/mol. The maximum absolute atomic E-state index is 5.48. The van der Waals surface area contributed by atoms with Gasteiger partial charge in [-0.25, -0.2) is 0 Å². The zero-order valence-electron chi connectivity index (χ0n) is 8.47. The number of fused-ring (bicyclic) bond motifs is 1. The summed E-state index contributed by atoms with van der Waals surface area (Å²) >= 11 is 0. The van der Waals surface area contributed by atoms with E-state index >= 15 is 0 Å². The van der Waals surface area contributed by atoms with Crippen LogP contribution in [0.1, 0.15) is 12.5 Å². The zero-order valence-corrected chi connectivity index (χ0v) is 8.47. The van der Waals surface area contributed by atoms with Crippen molar-refractivity contribution in [2.24, 2.45) is 0 Å². The Labute approximate surface area is 84.6 Å². The van der Waals surface area contributed by atoms with Gasteiger partial charge in [0.2, 0.25) is 0 Å². The predicted octanol–water partition coefficient (Wildman–Crippen LogP) is 2.61. The van der Waals surface area contributed by atoms with Gasteiger partial charge in [0.1, 0.15) is 5.75 Å². The highest BCUT2D eigenvalue weighted by Crippen LogP contribution is 2.28. The number of hydrogen-bond acceptors (Lipinski definition) is 2.